The average molecular weight is 269 g/mol. The molecule has 0 saturated heterocycles. The van der Waals surface area contributed by atoms with Gasteiger partial charge in [0.15, 0.2) is 0 Å². The SMILES string of the molecule is CC1(C)Cc2cc(-c3cnc4n3CCNC4)ccc2O1. The molecule has 4 rings (SSSR count). The molecule has 0 unspecified atom stereocenters. The van der Waals surface area contributed by atoms with Crippen LogP contribution in [0, 0.1) is 0 Å². The lowest BCUT2D eigenvalue weighted by atomic mass is 9.99. The lowest BCUT2D eigenvalue weighted by Crippen LogP contribution is -2.28. The Bertz CT molecular complexity index is 672. The van der Waals surface area contributed by atoms with Crippen molar-refractivity contribution in [2.75, 3.05) is 6.54 Å². The molecule has 0 saturated carbocycles. The molecule has 4 heteroatoms. The number of nitrogens with one attached hydrogen (secondary N) is 1. The van der Waals surface area contributed by atoms with Crippen LogP contribution in [0.5, 0.6) is 5.75 Å². The molecule has 1 aromatic carbocycles. The van der Waals surface area contributed by atoms with Crippen LogP contribution in [-0.2, 0) is 19.5 Å². The average Bonchev–Trinajstić information content (AvgIpc) is 2.96. The van der Waals surface area contributed by atoms with Crippen molar-refractivity contribution in [2.45, 2.75) is 39.0 Å². The highest BCUT2D eigenvalue weighted by atomic mass is 16.5. The van der Waals surface area contributed by atoms with E-state index in [0.717, 1.165) is 37.6 Å². The summed E-state index contributed by atoms with van der Waals surface area (Å²) < 4.78 is 8.27. The summed E-state index contributed by atoms with van der Waals surface area (Å²) in [5.74, 6) is 2.15. The molecule has 1 aromatic heterocycles. The van der Waals surface area contributed by atoms with Crippen LogP contribution in [0.1, 0.15) is 25.2 Å². The molecule has 1 N–H and O–H groups in total. The third-order valence-electron chi connectivity index (χ3n) is 4.09. The summed E-state index contributed by atoms with van der Waals surface area (Å²) >= 11 is 0. The van der Waals surface area contributed by atoms with Gasteiger partial charge in [0.2, 0.25) is 0 Å². The maximum absolute atomic E-state index is 5.95. The molecule has 0 aliphatic carbocycles. The number of hydrogen-bond acceptors (Lipinski definition) is 3. The van der Waals surface area contributed by atoms with E-state index in [-0.39, 0.29) is 5.60 Å². The van der Waals surface area contributed by atoms with Gasteiger partial charge >= 0.3 is 0 Å². The summed E-state index contributed by atoms with van der Waals surface area (Å²) in [6.07, 6.45) is 2.96. The summed E-state index contributed by atoms with van der Waals surface area (Å²) in [7, 11) is 0. The predicted octanol–water partition coefficient (Wildman–Crippen LogP) is 2.37. The molecule has 0 atom stereocenters. The number of aromatic nitrogens is 2. The monoisotopic (exact) mass is 269 g/mol. The lowest BCUT2D eigenvalue weighted by molar-refractivity contribution is 0.138. The maximum atomic E-state index is 5.95. The largest absolute Gasteiger partial charge is 0.487 e. The fraction of sp³-hybridized carbons (Fsp3) is 0.438. The highest BCUT2D eigenvalue weighted by Gasteiger charge is 2.30. The van der Waals surface area contributed by atoms with Gasteiger partial charge in [-0.2, -0.15) is 0 Å². The molecule has 104 valence electrons. The van der Waals surface area contributed by atoms with Crippen LogP contribution in [-0.4, -0.2) is 21.7 Å². The summed E-state index contributed by atoms with van der Waals surface area (Å²) in [4.78, 5) is 4.52. The Hall–Kier alpha value is -1.81. The van der Waals surface area contributed by atoms with Crippen molar-refractivity contribution in [1.82, 2.24) is 14.9 Å². The number of fused-ring (bicyclic) bond motifs is 2. The molecule has 3 heterocycles. The molecular weight excluding hydrogens is 250 g/mol. The van der Waals surface area contributed by atoms with Crippen LogP contribution in [0.4, 0.5) is 0 Å². The number of imidazole rings is 1. The first-order valence-electron chi connectivity index (χ1n) is 7.20. The van der Waals surface area contributed by atoms with Crippen molar-refractivity contribution in [1.29, 1.82) is 0 Å². The molecule has 4 nitrogen and oxygen atoms in total. The van der Waals surface area contributed by atoms with Crippen LogP contribution in [0.25, 0.3) is 11.3 Å². The first kappa shape index (κ1) is 12.0. The van der Waals surface area contributed by atoms with Gasteiger partial charge in [-0.25, -0.2) is 4.98 Å². The smallest absolute Gasteiger partial charge is 0.123 e. The van der Waals surface area contributed by atoms with Crippen LogP contribution in [0.15, 0.2) is 24.4 Å². The summed E-state index contributed by atoms with van der Waals surface area (Å²) in [6.45, 7) is 7.14. The van der Waals surface area contributed by atoms with E-state index < -0.39 is 0 Å². The van der Waals surface area contributed by atoms with Crippen molar-refractivity contribution in [2.24, 2.45) is 0 Å². The van der Waals surface area contributed by atoms with Crippen molar-refractivity contribution < 1.29 is 4.74 Å². The molecule has 0 bridgehead atoms. The Balaban J connectivity index is 1.76. The van der Waals surface area contributed by atoms with Gasteiger partial charge in [0.1, 0.15) is 17.2 Å². The number of benzene rings is 1. The second kappa shape index (κ2) is 4.09. The van der Waals surface area contributed by atoms with Crippen LogP contribution >= 0.6 is 0 Å². The van der Waals surface area contributed by atoms with E-state index in [4.69, 9.17) is 4.74 Å². The normalized spacial score (nSPS) is 19.3. The highest BCUT2D eigenvalue weighted by molar-refractivity contribution is 5.63. The van der Waals surface area contributed by atoms with Crippen molar-refractivity contribution >= 4 is 0 Å². The van der Waals surface area contributed by atoms with Gasteiger partial charge in [-0.05, 0) is 37.6 Å². The Morgan fingerprint density at radius 2 is 2.25 bits per heavy atom. The fourth-order valence-corrected chi connectivity index (χ4v) is 3.19. The highest BCUT2D eigenvalue weighted by Crippen LogP contribution is 2.37. The zero-order valence-electron chi connectivity index (χ0n) is 11.9. The van der Waals surface area contributed by atoms with Gasteiger partial charge in [-0.1, -0.05) is 0 Å². The molecule has 2 aliphatic rings. The van der Waals surface area contributed by atoms with Gasteiger partial charge in [0, 0.05) is 25.1 Å². The maximum Gasteiger partial charge on any atom is 0.123 e. The Morgan fingerprint density at radius 1 is 1.35 bits per heavy atom. The van der Waals surface area contributed by atoms with E-state index in [1.54, 1.807) is 0 Å². The van der Waals surface area contributed by atoms with E-state index in [1.165, 1.54) is 16.8 Å². The van der Waals surface area contributed by atoms with Crippen molar-refractivity contribution in [3.63, 3.8) is 0 Å². The zero-order chi connectivity index (χ0) is 13.7. The van der Waals surface area contributed by atoms with E-state index >= 15 is 0 Å². The van der Waals surface area contributed by atoms with Gasteiger partial charge in [-0.3, -0.25) is 0 Å². The topological polar surface area (TPSA) is 39.1 Å². The molecule has 2 aliphatic heterocycles. The van der Waals surface area contributed by atoms with Crippen LogP contribution in [0.3, 0.4) is 0 Å². The summed E-state index contributed by atoms with van der Waals surface area (Å²) in [6, 6.07) is 6.50. The Kier molecular flexibility index (Phi) is 2.45. The van der Waals surface area contributed by atoms with Crippen molar-refractivity contribution in [3.8, 4) is 17.0 Å². The molecular formula is C16H19N3O. The predicted molar refractivity (Wildman–Crippen MR) is 77.8 cm³/mol. The van der Waals surface area contributed by atoms with E-state index in [9.17, 15) is 0 Å². The second-order valence-corrected chi connectivity index (χ2v) is 6.25. The standard InChI is InChI=1S/C16H19N3O/c1-16(2)8-12-7-11(3-4-14(12)20-16)13-9-18-15-10-17-5-6-19(13)15/h3-4,7,9,17H,5-6,8,10H2,1-2H3. The minimum Gasteiger partial charge on any atom is -0.487 e. The third-order valence-corrected chi connectivity index (χ3v) is 4.09. The fourth-order valence-electron chi connectivity index (χ4n) is 3.19. The summed E-state index contributed by atoms with van der Waals surface area (Å²) in [5, 5.41) is 3.35. The molecule has 20 heavy (non-hydrogen) atoms. The summed E-state index contributed by atoms with van der Waals surface area (Å²) in [5.41, 5.74) is 3.68. The molecule has 0 fully saturated rings. The zero-order valence-corrected chi connectivity index (χ0v) is 11.9. The molecule has 0 spiro atoms. The molecule has 2 aromatic rings. The van der Waals surface area contributed by atoms with Gasteiger partial charge in [0.25, 0.3) is 0 Å². The molecule has 0 amide bonds. The number of hydrogen-bond donors (Lipinski definition) is 1. The third kappa shape index (κ3) is 1.83. The van der Waals surface area contributed by atoms with Gasteiger partial charge in [0.05, 0.1) is 18.4 Å². The first-order valence-corrected chi connectivity index (χ1v) is 7.20. The minimum atomic E-state index is -0.0816. The van der Waals surface area contributed by atoms with E-state index in [0.29, 0.717) is 0 Å². The van der Waals surface area contributed by atoms with Crippen molar-refractivity contribution in [3.05, 3.63) is 35.8 Å². The van der Waals surface area contributed by atoms with Crippen LogP contribution < -0.4 is 10.1 Å². The van der Waals surface area contributed by atoms with E-state index in [2.05, 4.69) is 46.9 Å². The first-order chi connectivity index (χ1) is 9.62. The molecule has 0 radical (unpaired) electrons. The second-order valence-electron chi connectivity index (χ2n) is 6.25. The number of ether oxygens (including phenoxy) is 1. The quantitative estimate of drug-likeness (QED) is 0.864. The van der Waals surface area contributed by atoms with E-state index in [1.807, 2.05) is 6.20 Å². The Labute approximate surface area is 118 Å². The lowest BCUT2D eigenvalue weighted by Gasteiger charge is -2.17. The Morgan fingerprint density at radius 3 is 3.15 bits per heavy atom. The number of rotatable bonds is 1. The minimum absolute atomic E-state index is 0.0816. The van der Waals surface area contributed by atoms with Gasteiger partial charge in [-0.15, -0.1) is 0 Å². The number of nitrogens with zero attached hydrogens (tertiary/aromatic N) is 2. The van der Waals surface area contributed by atoms with Crippen LogP contribution in [0.2, 0.25) is 0 Å². The van der Waals surface area contributed by atoms with Gasteiger partial charge < -0.3 is 14.6 Å².